The van der Waals surface area contributed by atoms with Crippen LogP contribution in [0.1, 0.15) is 12.7 Å². The molecule has 6 heteroatoms. The number of aromatic amines is 1. The lowest BCUT2D eigenvalue weighted by atomic mass is 10.1. The molecule has 1 heterocycles. The highest BCUT2D eigenvalue weighted by atomic mass is 32.2. The first-order valence-corrected chi connectivity index (χ1v) is 7.97. The van der Waals surface area contributed by atoms with Crippen LogP contribution in [0.25, 0.3) is 11.0 Å². The Balaban J connectivity index is 2.31. The summed E-state index contributed by atoms with van der Waals surface area (Å²) in [5, 5.41) is 0. The molecule has 0 radical (unpaired) electrons. The van der Waals surface area contributed by atoms with Gasteiger partial charge in [-0.25, -0.2) is 13.4 Å². The number of methoxy groups -OCH3 is 1. The van der Waals surface area contributed by atoms with Crippen molar-refractivity contribution in [1.82, 2.24) is 9.97 Å². The van der Waals surface area contributed by atoms with E-state index in [9.17, 15) is 8.42 Å². The average Bonchev–Trinajstić information content (AvgIpc) is 2.68. The van der Waals surface area contributed by atoms with Crippen LogP contribution in [0.4, 0.5) is 0 Å². The van der Waals surface area contributed by atoms with Crippen molar-refractivity contribution in [3.05, 3.63) is 24.0 Å². The maximum atomic E-state index is 11.5. The van der Waals surface area contributed by atoms with Gasteiger partial charge in [-0.3, -0.25) is 0 Å². The smallest absolute Gasteiger partial charge is 0.175 e. The number of nitrogens with one attached hydrogen (secondary N) is 1. The van der Waals surface area contributed by atoms with Gasteiger partial charge in [0.15, 0.2) is 9.84 Å². The Labute approximate surface area is 112 Å². The Morgan fingerprint density at radius 2 is 2.16 bits per heavy atom. The van der Waals surface area contributed by atoms with Crippen molar-refractivity contribution in [2.75, 3.05) is 20.0 Å². The summed E-state index contributed by atoms with van der Waals surface area (Å²) in [6, 6.07) is 4.94. The van der Waals surface area contributed by atoms with E-state index in [1.54, 1.807) is 25.3 Å². The molecule has 2 aromatic rings. The van der Waals surface area contributed by atoms with Crippen molar-refractivity contribution < 1.29 is 13.2 Å². The molecular formula is C13H18N2O3S. The molecule has 0 saturated carbocycles. The number of sulfone groups is 1. The monoisotopic (exact) mass is 282 g/mol. The second kappa shape index (κ2) is 5.30. The van der Waals surface area contributed by atoms with Gasteiger partial charge in [-0.2, -0.15) is 0 Å². The fraction of sp³-hybridized carbons (Fsp3) is 0.462. The molecule has 1 N–H and O–H groups in total. The molecule has 5 nitrogen and oxygen atoms in total. The molecule has 0 bridgehead atoms. The summed E-state index contributed by atoms with van der Waals surface area (Å²) >= 11 is 0. The third kappa shape index (κ3) is 3.33. The van der Waals surface area contributed by atoms with Gasteiger partial charge in [0, 0.05) is 26.4 Å². The topological polar surface area (TPSA) is 72.0 Å². The number of hydrogen-bond donors (Lipinski definition) is 1. The van der Waals surface area contributed by atoms with Crippen LogP contribution in [-0.4, -0.2) is 38.4 Å². The number of fused-ring (bicyclic) bond motifs is 1. The highest BCUT2D eigenvalue weighted by Gasteiger charge is 2.11. The summed E-state index contributed by atoms with van der Waals surface area (Å²) in [5.74, 6) is 1.21. The fourth-order valence-electron chi connectivity index (χ4n) is 2.04. The summed E-state index contributed by atoms with van der Waals surface area (Å²) < 4.78 is 28.1. The molecule has 0 amide bonds. The number of nitrogens with zero attached hydrogens (tertiary/aromatic N) is 1. The molecule has 1 aromatic carbocycles. The number of ether oxygens (including phenoxy) is 1. The summed E-state index contributed by atoms with van der Waals surface area (Å²) in [7, 11) is -1.51. The maximum absolute atomic E-state index is 11.5. The van der Waals surface area contributed by atoms with Crippen molar-refractivity contribution >= 4 is 20.9 Å². The van der Waals surface area contributed by atoms with E-state index in [0.717, 1.165) is 23.3 Å². The predicted molar refractivity (Wildman–Crippen MR) is 73.9 cm³/mol. The van der Waals surface area contributed by atoms with Gasteiger partial charge >= 0.3 is 0 Å². The number of imidazole rings is 1. The van der Waals surface area contributed by atoms with E-state index in [0.29, 0.717) is 17.4 Å². The second-order valence-electron chi connectivity index (χ2n) is 4.90. The Hall–Kier alpha value is -1.40. The number of aromatic nitrogens is 2. The van der Waals surface area contributed by atoms with E-state index in [-0.39, 0.29) is 0 Å². The molecule has 19 heavy (non-hydrogen) atoms. The van der Waals surface area contributed by atoms with Crippen LogP contribution >= 0.6 is 0 Å². The van der Waals surface area contributed by atoms with Gasteiger partial charge < -0.3 is 9.72 Å². The second-order valence-corrected chi connectivity index (χ2v) is 6.91. The molecule has 0 aliphatic heterocycles. The van der Waals surface area contributed by atoms with Gasteiger partial charge in [0.25, 0.3) is 0 Å². The maximum Gasteiger partial charge on any atom is 0.175 e. The van der Waals surface area contributed by atoms with Gasteiger partial charge in [0.05, 0.1) is 15.9 Å². The van der Waals surface area contributed by atoms with Gasteiger partial charge in [0.2, 0.25) is 0 Å². The minimum atomic E-state index is -3.18. The fourth-order valence-corrected chi connectivity index (χ4v) is 2.69. The van der Waals surface area contributed by atoms with E-state index < -0.39 is 9.84 Å². The number of rotatable bonds is 5. The molecule has 1 aromatic heterocycles. The molecule has 104 valence electrons. The van der Waals surface area contributed by atoms with Crippen molar-refractivity contribution in [1.29, 1.82) is 0 Å². The lowest BCUT2D eigenvalue weighted by Gasteiger charge is -2.06. The van der Waals surface area contributed by atoms with E-state index >= 15 is 0 Å². The average molecular weight is 282 g/mol. The number of benzene rings is 1. The molecule has 0 spiro atoms. The SMILES string of the molecule is COCC(C)Cc1nc2ccc(S(C)(=O)=O)cc2[nH]1. The Morgan fingerprint density at radius 1 is 1.42 bits per heavy atom. The summed E-state index contributed by atoms with van der Waals surface area (Å²) in [5.41, 5.74) is 1.54. The Kier molecular flexibility index (Phi) is 3.91. The first-order chi connectivity index (χ1) is 8.90. The highest BCUT2D eigenvalue weighted by molar-refractivity contribution is 7.90. The van der Waals surface area contributed by atoms with Gasteiger partial charge in [-0.1, -0.05) is 6.92 Å². The van der Waals surface area contributed by atoms with E-state index in [4.69, 9.17) is 4.74 Å². The van der Waals surface area contributed by atoms with Crippen LogP contribution < -0.4 is 0 Å². The Morgan fingerprint density at radius 3 is 2.79 bits per heavy atom. The third-order valence-electron chi connectivity index (χ3n) is 2.92. The van der Waals surface area contributed by atoms with Gasteiger partial charge in [0.1, 0.15) is 5.82 Å². The van der Waals surface area contributed by atoms with Crippen LogP contribution in [0.2, 0.25) is 0 Å². The standard InChI is InChI=1S/C13H18N2O3S/c1-9(8-18-2)6-13-14-11-5-4-10(19(3,16)17)7-12(11)15-13/h4-5,7,9H,6,8H2,1-3H3,(H,14,15). The van der Waals surface area contributed by atoms with Gasteiger partial charge in [-0.15, -0.1) is 0 Å². The van der Waals surface area contributed by atoms with Crippen molar-refractivity contribution in [2.45, 2.75) is 18.2 Å². The summed E-state index contributed by atoms with van der Waals surface area (Å²) in [4.78, 5) is 7.92. The molecule has 2 rings (SSSR count). The van der Waals surface area contributed by atoms with E-state index in [1.165, 1.54) is 6.26 Å². The summed E-state index contributed by atoms with van der Waals surface area (Å²) in [6.45, 7) is 2.75. The lowest BCUT2D eigenvalue weighted by molar-refractivity contribution is 0.159. The van der Waals surface area contributed by atoms with Gasteiger partial charge in [-0.05, 0) is 24.1 Å². The molecule has 0 saturated heterocycles. The lowest BCUT2D eigenvalue weighted by Crippen LogP contribution is -2.07. The van der Waals surface area contributed by atoms with Crippen molar-refractivity contribution in [2.24, 2.45) is 5.92 Å². The molecule has 0 aliphatic rings. The molecule has 0 fully saturated rings. The highest BCUT2D eigenvalue weighted by Crippen LogP contribution is 2.18. The van der Waals surface area contributed by atoms with Crippen LogP contribution in [0.3, 0.4) is 0 Å². The Bertz CT molecular complexity index is 676. The minimum absolute atomic E-state index is 0.306. The zero-order valence-corrected chi connectivity index (χ0v) is 12.1. The molecule has 1 unspecified atom stereocenters. The van der Waals surface area contributed by atoms with Crippen LogP contribution in [-0.2, 0) is 21.0 Å². The van der Waals surface area contributed by atoms with Crippen molar-refractivity contribution in [3.8, 4) is 0 Å². The van der Waals surface area contributed by atoms with Crippen LogP contribution in [0.5, 0.6) is 0 Å². The minimum Gasteiger partial charge on any atom is -0.384 e. The zero-order chi connectivity index (χ0) is 14.0. The van der Waals surface area contributed by atoms with Crippen LogP contribution in [0, 0.1) is 5.92 Å². The quantitative estimate of drug-likeness (QED) is 0.907. The molecular weight excluding hydrogens is 264 g/mol. The largest absolute Gasteiger partial charge is 0.384 e. The van der Waals surface area contributed by atoms with E-state index in [1.807, 2.05) is 0 Å². The van der Waals surface area contributed by atoms with Crippen molar-refractivity contribution in [3.63, 3.8) is 0 Å². The predicted octanol–water partition coefficient (Wildman–Crippen LogP) is 1.79. The zero-order valence-electron chi connectivity index (χ0n) is 11.3. The molecule has 1 atom stereocenters. The number of H-pyrrole nitrogens is 1. The first-order valence-electron chi connectivity index (χ1n) is 6.08. The number of hydrogen-bond acceptors (Lipinski definition) is 4. The third-order valence-corrected chi connectivity index (χ3v) is 4.03. The van der Waals surface area contributed by atoms with Crippen LogP contribution in [0.15, 0.2) is 23.1 Å². The molecule has 0 aliphatic carbocycles. The summed E-state index contributed by atoms with van der Waals surface area (Å²) in [6.07, 6.45) is 1.98. The van der Waals surface area contributed by atoms with E-state index in [2.05, 4.69) is 16.9 Å². The normalized spacial score (nSPS) is 13.8. The first kappa shape index (κ1) is 14.0.